The van der Waals surface area contributed by atoms with Crippen LogP contribution in [0.1, 0.15) is 36.2 Å². The van der Waals surface area contributed by atoms with Crippen molar-refractivity contribution in [2.45, 2.75) is 44.3 Å². The minimum Gasteiger partial charge on any atom is -0.327 e. The number of fused-ring (bicyclic) bond motifs is 2. The van der Waals surface area contributed by atoms with E-state index >= 15 is 0 Å². The molecule has 0 bridgehead atoms. The van der Waals surface area contributed by atoms with Crippen LogP contribution in [-0.4, -0.2) is 47.8 Å². The fraction of sp³-hybridized carbons (Fsp3) is 0.450. The molecule has 1 aromatic carbocycles. The fourth-order valence-electron chi connectivity index (χ4n) is 3.96. The molecule has 1 atom stereocenters. The Balaban J connectivity index is 1.70. The van der Waals surface area contributed by atoms with E-state index in [-0.39, 0.29) is 4.90 Å². The van der Waals surface area contributed by atoms with Gasteiger partial charge in [-0.3, -0.25) is 4.90 Å². The maximum atomic E-state index is 12.5. The summed E-state index contributed by atoms with van der Waals surface area (Å²) in [7, 11) is -0.372. The zero-order chi connectivity index (χ0) is 20.1. The van der Waals surface area contributed by atoms with Crippen molar-refractivity contribution in [3.05, 3.63) is 45.9 Å². The number of rotatable bonds is 5. The van der Waals surface area contributed by atoms with Crippen LogP contribution in [0.15, 0.2) is 34.5 Å². The zero-order valence-electron chi connectivity index (χ0n) is 16.7. The van der Waals surface area contributed by atoms with Gasteiger partial charge in [-0.05, 0) is 55.5 Å². The average Bonchev–Trinajstić information content (AvgIpc) is 3.27. The Labute approximate surface area is 170 Å². The molecule has 1 aliphatic heterocycles. The number of benzene rings is 1. The molecule has 0 aliphatic carbocycles. The largest absolute Gasteiger partial charge is 0.327 e. The summed E-state index contributed by atoms with van der Waals surface area (Å²) < 4.78 is 28.4. The summed E-state index contributed by atoms with van der Waals surface area (Å²) in [5.74, 6) is 0.988. The lowest BCUT2D eigenvalue weighted by molar-refractivity contribution is 0.184. The van der Waals surface area contributed by atoms with Gasteiger partial charge in [-0.2, -0.15) is 0 Å². The molecule has 1 unspecified atom stereocenters. The molecular weight excluding hydrogens is 392 g/mol. The molecule has 3 aromatic rings. The Morgan fingerprint density at radius 1 is 1.29 bits per heavy atom. The number of hydrogen-bond acceptors (Lipinski definition) is 5. The molecule has 28 heavy (non-hydrogen) atoms. The molecular formula is C20H26N4O2S2. The minimum atomic E-state index is -3.47. The number of sulfonamides is 1. The molecule has 150 valence electrons. The van der Waals surface area contributed by atoms with Crippen molar-refractivity contribution < 1.29 is 8.42 Å². The molecule has 0 saturated carbocycles. The van der Waals surface area contributed by atoms with E-state index in [2.05, 4.69) is 34.8 Å². The summed E-state index contributed by atoms with van der Waals surface area (Å²) in [4.78, 5) is 9.06. The van der Waals surface area contributed by atoms with E-state index in [1.165, 1.54) is 14.7 Å². The topological polar surface area (TPSA) is 58.4 Å². The van der Waals surface area contributed by atoms with Gasteiger partial charge in [0.05, 0.1) is 22.5 Å². The Morgan fingerprint density at radius 3 is 2.79 bits per heavy atom. The number of aryl methyl sites for hydroxylation is 1. The normalized spacial score (nSPS) is 18.1. The van der Waals surface area contributed by atoms with Gasteiger partial charge >= 0.3 is 0 Å². The molecule has 2 aromatic heterocycles. The summed E-state index contributed by atoms with van der Waals surface area (Å²) >= 11 is 1.85. The van der Waals surface area contributed by atoms with Crippen LogP contribution in [0.4, 0.5) is 0 Å². The van der Waals surface area contributed by atoms with E-state index in [9.17, 15) is 8.42 Å². The van der Waals surface area contributed by atoms with Gasteiger partial charge in [-0.15, -0.1) is 11.3 Å². The monoisotopic (exact) mass is 418 g/mol. The summed E-state index contributed by atoms with van der Waals surface area (Å²) in [6, 6.07) is 7.85. The van der Waals surface area contributed by atoms with E-state index in [1.807, 2.05) is 17.4 Å². The van der Waals surface area contributed by atoms with Crippen LogP contribution in [0.2, 0.25) is 0 Å². The first kappa shape index (κ1) is 19.6. The van der Waals surface area contributed by atoms with Crippen molar-refractivity contribution in [1.29, 1.82) is 0 Å². The molecule has 0 N–H and O–H groups in total. The Hall–Kier alpha value is -1.74. The number of aromatic nitrogens is 2. The highest BCUT2D eigenvalue weighted by molar-refractivity contribution is 7.89. The number of imidazole rings is 1. The SMILES string of the molecule is CCn1c(CN2CCc3sccc3C2C)nc2cc(S(=O)(=O)N(C)C)ccc21. The summed E-state index contributed by atoms with van der Waals surface area (Å²) in [6.07, 6.45) is 1.08. The van der Waals surface area contributed by atoms with E-state index in [0.29, 0.717) is 6.04 Å². The molecule has 0 spiro atoms. The van der Waals surface area contributed by atoms with Gasteiger partial charge in [-0.1, -0.05) is 0 Å². The lowest BCUT2D eigenvalue weighted by Crippen LogP contribution is -2.33. The van der Waals surface area contributed by atoms with E-state index in [4.69, 9.17) is 4.98 Å². The third kappa shape index (κ3) is 3.18. The van der Waals surface area contributed by atoms with Crippen molar-refractivity contribution in [1.82, 2.24) is 18.8 Å². The zero-order valence-corrected chi connectivity index (χ0v) is 18.3. The van der Waals surface area contributed by atoms with Gasteiger partial charge in [0.2, 0.25) is 10.0 Å². The quantitative estimate of drug-likeness (QED) is 0.636. The molecule has 0 fully saturated rings. The number of nitrogens with zero attached hydrogens (tertiary/aromatic N) is 4. The van der Waals surface area contributed by atoms with Crippen LogP contribution in [-0.2, 0) is 29.5 Å². The molecule has 4 rings (SSSR count). The lowest BCUT2D eigenvalue weighted by Gasteiger charge is -2.33. The minimum absolute atomic E-state index is 0.284. The molecule has 0 radical (unpaired) electrons. The van der Waals surface area contributed by atoms with E-state index in [1.54, 1.807) is 26.2 Å². The van der Waals surface area contributed by atoms with Crippen LogP contribution >= 0.6 is 11.3 Å². The van der Waals surface area contributed by atoms with Gasteiger partial charge < -0.3 is 4.57 Å². The maximum Gasteiger partial charge on any atom is 0.242 e. The Bertz CT molecular complexity index is 1110. The van der Waals surface area contributed by atoms with Crippen LogP contribution in [0, 0.1) is 0 Å². The van der Waals surface area contributed by atoms with Crippen LogP contribution in [0.3, 0.4) is 0 Å². The van der Waals surface area contributed by atoms with E-state index in [0.717, 1.165) is 42.9 Å². The predicted octanol–water partition coefficient (Wildman–Crippen LogP) is 3.49. The number of hydrogen-bond donors (Lipinski definition) is 0. The maximum absolute atomic E-state index is 12.5. The number of thiophene rings is 1. The van der Waals surface area contributed by atoms with Gasteiger partial charge in [-0.25, -0.2) is 17.7 Å². The molecule has 3 heterocycles. The Morgan fingerprint density at radius 2 is 2.07 bits per heavy atom. The highest BCUT2D eigenvalue weighted by atomic mass is 32.2. The molecule has 0 amide bonds. The molecule has 0 saturated heterocycles. The smallest absolute Gasteiger partial charge is 0.242 e. The molecule has 8 heteroatoms. The van der Waals surface area contributed by atoms with Crippen molar-refractivity contribution in [3.8, 4) is 0 Å². The first-order valence-corrected chi connectivity index (χ1v) is 11.9. The van der Waals surface area contributed by atoms with Gasteiger partial charge in [0.25, 0.3) is 0 Å². The third-order valence-corrected chi connectivity index (χ3v) is 8.45. The van der Waals surface area contributed by atoms with E-state index < -0.39 is 10.0 Å². The molecule has 1 aliphatic rings. The van der Waals surface area contributed by atoms with Gasteiger partial charge in [0.15, 0.2) is 0 Å². The van der Waals surface area contributed by atoms with Crippen molar-refractivity contribution >= 4 is 32.4 Å². The van der Waals surface area contributed by atoms with Crippen molar-refractivity contribution in [2.24, 2.45) is 0 Å². The van der Waals surface area contributed by atoms with Gasteiger partial charge in [0.1, 0.15) is 5.82 Å². The molecule has 6 nitrogen and oxygen atoms in total. The van der Waals surface area contributed by atoms with Crippen LogP contribution < -0.4 is 0 Å². The lowest BCUT2D eigenvalue weighted by atomic mass is 10.0. The average molecular weight is 419 g/mol. The highest BCUT2D eigenvalue weighted by Crippen LogP contribution is 2.34. The third-order valence-electron chi connectivity index (χ3n) is 5.64. The summed E-state index contributed by atoms with van der Waals surface area (Å²) in [5, 5.41) is 2.18. The Kier molecular flexibility index (Phi) is 5.07. The van der Waals surface area contributed by atoms with Crippen molar-refractivity contribution in [3.63, 3.8) is 0 Å². The second kappa shape index (κ2) is 7.26. The second-order valence-electron chi connectivity index (χ2n) is 7.41. The summed E-state index contributed by atoms with van der Waals surface area (Å²) in [6.45, 7) is 6.94. The first-order chi connectivity index (χ1) is 13.3. The predicted molar refractivity (Wildman–Crippen MR) is 113 cm³/mol. The highest BCUT2D eigenvalue weighted by Gasteiger charge is 2.26. The fourth-order valence-corrected chi connectivity index (χ4v) is 5.85. The second-order valence-corrected chi connectivity index (χ2v) is 10.6. The van der Waals surface area contributed by atoms with Crippen LogP contribution in [0.25, 0.3) is 11.0 Å². The standard InChI is InChI=1S/C20H26N4O2S2/c1-5-24-18-7-6-15(28(25,26)22(3)4)12-17(18)21-20(24)13-23-10-8-19-16(14(23)2)9-11-27-19/h6-7,9,11-12,14H,5,8,10,13H2,1-4H3. The first-order valence-electron chi connectivity index (χ1n) is 9.55. The van der Waals surface area contributed by atoms with Gasteiger partial charge in [0, 0.05) is 38.1 Å². The summed E-state index contributed by atoms with van der Waals surface area (Å²) in [5.41, 5.74) is 3.14. The van der Waals surface area contributed by atoms with Crippen molar-refractivity contribution in [2.75, 3.05) is 20.6 Å². The van der Waals surface area contributed by atoms with Crippen LogP contribution in [0.5, 0.6) is 0 Å².